The molecule has 0 amide bonds. The third kappa shape index (κ3) is 3.29. The summed E-state index contributed by atoms with van der Waals surface area (Å²) < 4.78 is 13.4. The number of nitrogens with two attached hydrogens (primary N) is 1. The molecule has 0 aliphatic rings. The zero-order valence-electron chi connectivity index (χ0n) is 10.3. The highest BCUT2D eigenvalue weighted by Gasteiger charge is 2.12. The van der Waals surface area contributed by atoms with Gasteiger partial charge in [-0.3, -0.25) is 0 Å². The highest BCUT2D eigenvalue weighted by atomic mass is 19.1. The minimum atomic E-state index is -0.165. The zero-order valence-corrected chi connectivity index (χ0v) is 10.3. The molecule has 2 atom stereocenters. The SMILES string of the molecule is CCC(C)NC(CN)c1ccc(C)c(F)c1. The average molecular weight is 224 g/mol. The van der Waals surface area contributed by atoms with Gasteiger partial charge in [-0.05, 0) is 37.5 Å². The zero-order chi connectivity index (χ0) is 12.1. The third-order valence-electron chi connectivity index (χ3n) is 2.93. The summed E-state index contributed by atoms with van der Waals surface area (Å²) in [5, 5.41) is 3.39. The van der Waals surface area contributed by atoms with Gasteiger partial charge in [-0.25, -0.2) is 4.39 Å². The molecule has 0 spiro atoms. The topological polar surface area (TPSA) is 38.0 Å². The summed E-state index contributed by atoms with van der Waals surface area (Å²) in [6.45, 7) is 6.46. The second-order valence-corrected chi connectivity index (χ2v) is 4.27. The van der Waals surface area contributed by atoms with E-state index in [0.29, 0.717) is 18.2 Å². The number of aryl methyl sites for hydroxylation is 1. The molecular weight excluding hydrogens is 203 g/mol. The molecule has 0 saturated heterocycles. The van der Waals surface area contributed by atoms with E-state index in [1.54, 1.807) is 19.1 Å². The molecule has 2 unspecified atom stereocenters. The molecule has 1 aromatic rings. The number of hydrogen-bond acceptors (Lipinski definition) is 2. The molecule has 3 N–H and O–H groups in total. The molecule has 0 fully saturated rings. The molecule has 0 aromatic heterocycles. The highest BCUT2D eigenvalue weighted by Crippen LogP contribution is 2.16. The first-order valence-corrected chi connectivity index (χ1v) is 5.80. The molecule has 0 aliphatic carbocycles. The Balaban J connectivity index is 2.82. The van der Waals surface area contributed by atoms with Gasteiger partial charge in [0.15, 0.2) is 0 Å². The minimum Gasteiger partial charge on any atom is -0.329 e. The van der Waals surface area contributed by atoms with E-state index >= 15 is 0 Å². The van der Waals surface area contributed by atoms with E-state index in [2.05, 4.69) is 19.2 Å². The molecule has 1 aromatic carbocycles. The van der Waals surface area contributed by atoms with E-state index in [1.807, 2.05) is 6.07 Å². The maximum Gasteiger partial charge on any atom is 0.126 e. The van der Waals surface area contributed by atoms with Crippen molar-refractivity contribution in [2.45, 2.75) is 39.3 Å². The lowest BCUT2D eigenvalue weighted by Crippen LogP contribution is -2.34. The van der Waals surface area contributed by atoms with Gasteiger partial charge in [0.1, 0.15) is 5.82 Å². The maximum atomic E-state index is 13.4. The van der Waals surface area contributed by atoms with Crippen LogP contribution in [-0.2, 0) is 0 Å². The number of nitrogens with one attached hydrogen (secondary N) is 1. The van der Waals surface area contributed by atoms with Crippen LogP contribution in [0.25, 0.3) is 0 Å². The molecular formula is C13H21FN2. The Morgan fingerprint density at radius 1 is 1.44 bits per heavy atom. The first kappa shape index (κ1) is 13.1. The molecule has 0 heterocycles. The molecule has 0 saturated carbocycles. The van der Waals surface area contributed by atoms with E-state index in [1.165, 1.54) is 0 Å². The maximum absolute atomic E-state index is 13.4. The molecule has 1 rings (SSSR count). The summed E-state index contributed by atoms with van der Waals surface area (Å²) in [6.07, 6.45) is 1.03. The van der Waals surface area contributed by atoms with Gasteiger partial charge in [-0.2, -0.15) is 0 Å². The highest BCUT2D eigenvalue weighted by molar-refractivity contribution is 5.26. The second-order valence-electron chi connectivity index (χ2n) is 4.27. The number of rotatable bonds is 5. The summed E-state index contributed by atoms with van der Waals surface area (Å²) in [5.74, 6) is -0.165. The summed E-state index contributed by atoms with van der Waals surface area (Å²) in [5.41, 5.74) is 7.30. The Morgan fingerprint density at radius 2 is 2.12 bits per heavy atom. The van der Waals surface area contributed by atoms with Gasteiger partial charge < -0.3 is 11.1 Å². The van der Waals surface area contributed by atoms with Gasteiger partial charge in [-0.1, -0.05) is 19.1 Å². The van der Waals surface area contributed by atoms with Crippen molar-refractivity contribution in [3.8, 4) is 0 Å². The molecule has 2 nitrogen and oxygen atoms in total. The van der Waals surface area contributed by atoms with Crippen LogP contribution >= 0.6 is 0 Å². The van der Waals surface area contributed by atoms with Gasteiger partial charge in [0, 0.05) is 18.6 Å². The minimum absolute atomic E-state index is 0.0325. The lowest BCUT2D eigenvalue weighted by Gasteiger charge is -2.22. The third-order valence-corrected chi connectivity index (χ3v) is 2.93. The normalized spacial score (nSPS) is 14.8. The van der Waals surface area contributed by atoms with Crippen LogP contribution in [0.3, 0.4) is 0 Å². The largest absolute Gasteiger partial charge is 0.329 e. The van der Waals surface area contributed by atoms with E-state index in [-0.39, 0.29) is 11.9 Å². The fourth-order valence-electron chi connectivity index (χ4n) is 1.59. The number of hydrogen-bond donors (Lipinski definition) is 2. The van der Waals surface area contributed by atoms with Crippen LogP contribution in [-0.4, -0.2) is 12.6 Å². The van der Waals surface area contributed by atoms with E-state index in [4.69, 9.17) is 5.73 Å². The molecule has 0 aliphatic heterocycles. The van der Waals surface area contributed by atoms with Crippen LogP contribution in [0.4, 0.5) is 4.39 Å². The van der Waals surface area contributed by atoms with Crippen molar-refractivity contribution >= 4 is 0 Å². The summed E-state index contributed by atoms with van der Waals surface area (Å²) in [7, 11) is 0. The fraction of sp³-hybridized carbons (Fsp3) is 0.538. The van der Waals surface area contributed by atoms with E-state index < -0.39 is 0 Å². The first-order chi connectivity index (χ1) is 7.58. The number of halogens is 1. The van der Waals surface area contributed by atoms with Gasteiger partial charge in [-0.15, -0.1) is 0 Å². The predicted octanol–water partition coefficient (Wildman–Crippen LogP) is 2.52. The lowest BCUT2D eigenvalue weighted by atomic mass is 10.0. The summed E-state index contributed by atoms with van der Waals surface area (Å²) >= 11 is 0. The van der Waals surface area contributed by atoms with Crippen molar-refractivity contribution in [1.82, 2.24) is 5.32 Å². The molecule has 90 valence electrons. The van der Waals surface area contributed by atoms with Crippen molar-refractivity contribution in [1.29, 1.82) is 0 Å². The van der Waals surface area contributed by atoms with Crippen molar-refractivity contribution in [2.75, 3.05) is 6.54 Å². The van der Waals surface area contributed by atoms with E-state index in [0.717, 1.165) is 12.0 Å². The van der Waals surface area contributed by atoms with Crippen molar-refractivity contribution < 1.29 is 4.39 Å². The van der Waals surface area contributed by atoms with Gasteiger partial charge in [0.05, 0.1) is 0 Å². The van der Waals surface area contributed by atoms with Crippen LogP contribution in [0.2, 0.25) is 0 Å². The van der Waals surface area contributed by atoms with Crippen LogP contribution in [0.15, 0.2) is 18.2 Å². The summed E-state index contributed by atoms with van der Waals surface area (Å²) in [4.78, 5) is 0. The Labute approximate surface area is 97.0 Å². The van der Waals surface area contributed by atoms with Gasteiger partial charge in [0.25, 0.3) is 0 Å². The Bertz CT molecular complexity index is 339. The summed E-state index contributed by atoms with van der Waals surface area (Å²) in [6, 6.07) is 5.72. The van der Waals surface area contributed by atoms with Gasteiger partial charge >= 0.3 is 0 Å². The second kappa shape index (κ2) is 5.97. The van der Waals surface area contributed by atoms with Crippen LogP contribution < -0.4 is 11.1 Å². The quantitative estimate of drug-likeness (QED) is 0.806. The van der Waals surface area contributed by atoms with Crippen molar-refractivity contribution in [3.63, 3.8) is 0 Å². The van der Waals surface area contributed by atoms with Crippen LogP contribution in [0, 0.1) is 12.7 Å². The van der Waals surface area contributed by atoms with Crippen LogP contribution in [0.1, 0.15) is 37.4 Å². The van der Waals surface area contributed by atoms with Crippen molar-refractivity contribution in [3.05, 3.63) is 35.1 Å². The Morgan fingerprint density at radius 3 is 2.62 bits per heavy atom. The fourth-order valence-corrected chi connectivity index (χ4v) is 1.59. The van der Waals surface area contributed by atoms with Crippen LogP contribution in [0.5, 0.6) is 0 Å². The van der Waals surface area contributed by atoms with Gasteiger partial charge in [0.2, 0.25) is 0 Å². The Hall–Kier alpha value is -0.930. The molecule has 0 bridgehead atoms. The Kier molecular flexibility index (Phi) is 4.90. The molecule has 16 heavy (non-hydrogen) atoms. The standard InChI is InChI=1S/C13H21FN2/c1-4-10(3)16-13(8-15)11-6-5-9(2)12(14)7-11/h5-7,10,13,16H,4,8,15H2,1-3H3. The predicted molar refractivity (Wildman–Crippen MR) is 65.8 cm³/mol. The van der Waals surface area contributed by atoms with E-state index in [9.17, 15) is 4.39 Å². The molecule has 0 radical (unpaired) electrons. The molecule has 3 heteroatoms. The number of benzene rings is 1. The lowest BCUT2D eigenvalue weighted by molar-refractivity contribution is 0.450. The monoisotopic (exact) mass is 224 g/mol. The smallest absolute Gasteiger partial charge is 0.126 e. The van der Waals surface area contributed by atoms with Crippen molar-refractivity contribution in [2.24, 2.45) is 5.73 Å². The average Bonchev–Trinajstić information content (AvgIpc) is 2.29. The first-order valence-electron chi connectivity index (χ1n) is 5.80.